The Balaban J connectivity index is 1.85. The van der Waals surface area contributed by atoms with Gasteiger partial charge in [0.1, 0.15) is 0 Å². The van der Waals surface area contributed by atoms with E-state index in [1.807, 2.05) is 10.6 Å². The molecule has 0 spiro atoms. The predicted molar refractivity (Wildman–Crippen MR) is 99.3 cm³/mol. The van der Waals surface area contributed by atoms with E-state index in [0.717, 1.165) is 37.9 Å². The molecule has 5 heteroatoms. The molecule has 5 rings (SSSR count). The Bertz CT molecular complexity index is 898. The summed E-state index contributed by atoms with van der Waals surface area (Å²) in [6.45, 7) is 4.14. The van der Waals surface area contributed by atoms with Crippen molar-refractivity contribution >= 4 is 16.8 Å². The Morgan fingerprint density at radius 3 is 2.69 bits per heavy atom. The highest BCUT2D eigenvalue weighted by molar-refractivity contribution is 5.98. The Hall–Kier alpha value is -1.69. The molecule has 1 saturated heterocycles. The summed E-state index contributed by atoms with van der Waals surface area (Å²) >= 11 is 0. The third kappa shape index (κ3) is 1.70. The third-order valence-electron chi connectivity index (χ3n) is 7.31. The molecule has 0 amide bonds. The summed E-state index contributed by atoms with van der Waals surface area (Å²) in [5.74, 6) is -0.544. The van der Waals surface area contributed by atoms with Gasteiger partial charge in [-0.2, -0.15) is 0 Å². The number of carbonyl (C=O) groups is 1. The van der Waals surface area contributed by atoms with Crippen molar-refractivity contribution in [2.24, 2.45) is 5.41 Å². The number of ether oxygens (including phenoxy) is 2. The van der Waals surface area contributed by atoms with Gasteiger partial charge in [0.05, 0.1) is 17.0 Å². The van der Waals surface area contributed by atoms with Crippen molar-refractivity contribution in [3.63, 3.8) is 0 Å². The van der Waals surface area contributed by atoms with E-state index in [1.165, 1.54) is 16.6 Å². The molecule has 1 fully saturated rings. The largest absolute Gasteiger partial charge is 0.352 e. The molecule has 2 atom stereocenters. The highest BCUT2D eigenvalue weighted by Crippen LogP contribution is 2.61. The van der Waals surface area contributed by atoms with E-state index in [4.69, 9.17) is 9.47 Å². The van der Waals surface area contributed by atoms with E-state index in [-0.39, 0.29) is 17.4 Å². The summed E-state index contributed by atoms with van der Waals surface area (Å²) in [4.78, 5) is 16.0. The minimum Gasteiger partial charge on any atom is -0.352 e. The number of carbonyl (C=O) groups excluding carboxylic acids is 1. The van der Waals surface area contributed by atoms with Gasteiger partial charge in [-0.1, -0.05) is 25.1 Å². The second-order valence-electron chi connectivity index (χ2n) is 7.90. The highest BCUT2D eigenvalue weighted by atomic mass is 16.7. The maximum absolute atomic E-state index is 13.4. The lowest BCUT2D eigenvalue weighted by atomic mass is 9.60. The van der Waals surface area contributed by atoms with Crippen LogP contribution in [0.5, 0.6) is 0 Å². The molecule has 5 nitrogen and oxygen atoms in total. The van der Waals surface area contributed by atoms with Gasteiger partial charge in [-0.15, -0.1) is 0 Å². The fraction of sp³-hybridized carbons (Fsp3) is 0.571. The molecule has 0 saturated carbocycles. The summed E-state index contributed by atoms with van der Waals surface area (Å²) in [6.07, 6.45) is 3.10. The van der Waals surface area contributed by atoms with Gasteiger partial charge in [0.15, 0.2) is 5.79 Å². The Morgan fingerprint density at radius 2 is 1.96 bits per heavy atom. The monoisotopic (exact) mass is 354 g/mol. The van der Waals surface area contributed by atoms with Crippen LogP contribution in [-0.2, 0) is 15.9 Å². The van der Waals surface area contributed by atoms with Crippen molar-refractivity contribution in [2.45, 2.75) is 44.4 Å². The molecule has 3 aliphatic rings. The average Bonchev–Trinajstić information content (AvgIpc) is 3.03. The molecular weight excluding hydrogens is 328 g/mol. The van der Waals surface area contributed by atoms with Crippen LogP contribution in [0.15, 0.2) is 24.3 Å². The first kappa shape index (κ1) is 16.5. The minimum atomic E-state index is -0.713. The number of benzene rings is 1. The number of methoxy groups -OCH3 is 2. The quantitative estimate of drug-likeness (QED) is 0.793. The van der Waals surface area contributed by atoms with Crippen LogP contribution in [0.2, 0.25) is 0 Å². The predicted octanol–water partition coefficient (Wildman–Crippen LogP) is 3.37. The number of aromatic nitrogens is 1. The fourth-order valence-electron chi connectivity index (χ4n) is 6.16. The molecule has 4 heterocycles. The average molecular weight is 354 g/mol. The van der Waals surface area contributed by atoms with E-state index in [9.17, 15) is 4.79 Å². The van der Waals surface area contributed by atoms with E-state index in [1.54, 1.807) is 14.2 Å². The van der Waals surface area contributed by atoms with Crippen molar-refractivity contribution in [1.29, 1.82) is 0 Å². The van der Waals surface area contributed by atoms with Gasteiger partial charge in [-0.25, -0.2) is 0 Å². The molecule has 0 bridgehead atoms. The topological polar surface area (TPSA) is 43.7 Å². The van der Waals surface area contributed by atoms with Crippen LogP contribution in [0.1, 0.15) is 48.3 Å². The highest BCUT2D eigenvalue weighted by Gasteiger charge is 2.65. The molecule has 0 unspecified atom stereocenters. The summed E-state index contributed by atoms with van der Waals surface area (Å²) in [6, 6.07) is 8.51. The normalized spacial score (nSPS) is 29.8. The van der Waals surface area contributed by atoms with Crippen LogP contribution < -0.4 is 0 Å². The van der Waals surface area contributed by atoms with Gasteiger partial charge in [-0.05, 0) is 24.5 Å². The summed E-state index contributed by atoms with van der Waals surface area (Å²) in [5, 5.41) is 1.23. The fourth-order valence-corrected chi connectivity index (χ4v) is 6.16. The molecular formula is C21H26N2O3. The van der Waals surface area contributed by atoms with Gasteiger partial charge in [-0.3, -0.25) is 14.3 Å². The van der Waals surface area contributed by atoms with E-state index in [2.05, 4.69) is 30.0 Å². The molecule has 26 heavy (non-hydrogen) atoms. The first-order valence-electron chi connectivity index (χ1n) is 9.62. The molecule has 1 aromatic carbocycles. The SMILES string of the molecule is CC[C@@]12CC(=O)n3c4c(c5ccccc53)CCN(CCC1(OC)OC)[C@H]42. The van der Waals surface area contributed by atoms with Crippen LogP contribution >= 0.6 is 0 Å². The second kappa shape index (κ2) is 5.41. The number of piperidine rings is 1. The van der Waals surface area contributed by atoms with Crippen LogP contribution in [0.4, 0.5) is 0 Å². The first-order chi connectivity index (χ1) is 12.6. The van der Waals surface area contributed by atoms with Crippen LogP contribution in [0.25, 0.3) is 10.9 Å². The molecule has 0 N–H and O–H groups in total. The van der Waals surface area contributed by atoms with Crippen LogP contribution in [0, 0.1) is 5.41 Å². The van der Waals surface area contributed by atoms with Crippen molar-refractivity contribution in [3.8, 4) is 0 Å². The minimum absolute atomic E-state index is 0.162. The Kier molecular flexibility index (Phi) is 3.43. The molecule has 0 aliphatic carbocycles. The van der Waals surface area contributed by atoms with Gasteiger partial charge in [0.2, 0.25) is 5.91 Å². The second-order valence-corrected chi connectivity index (χ2v) is 7.90. The van der Waals surface area contributed by atoms with Crippen LogP contribution in [0.3, 0.4) is 0 Å². The van der Waals surface area contributed by atoms with E-state index < -0.39 is 5.79 Å². The first-order valence-corrected chi connectivity index (χ1v) is 9.62. The smallest absolute Gasteiger partial charge is 0.232 e. The van der Waals surface area contributed by atoms with Crippen LogP contribution in [-0.4, -0.2) is 48.5 Å². The zero-order valence-corrected chi connectivity index (χ0v) is 15.7. The van der Waals surface area contributed by atoms with Gasteiger partial charge >= 0.3 is 0 Å². The third-order valence-corrected chi connectivity index (χ3v) is 7.31. The molecule has 1 aromatic heterocycles. The van der Waals surface area contributed by atoms with Gasteiger partial charge < -0.3 is 9.47 Å². The summed E-state index contributed by atoms with van der Waals surface area (Å²) < 4.78 is 14.1. The zero-order chi connectivity index (χ0) is 18.1. The molecule has 3 aliphatic heterocycles. The van der Waals surface area contributed by atoms with Crippen molar-refractivity contribution < 1.29 is 14.3 Å². The number of rotatable bonds is 3. The van der Waals surface area contributed by atoms with Crippen molar-refractivity contribution in [1.82, 2.24) is 9.47 Å². The standard InChI is InChI=1S/C21H26N2O3/c1-4-20-13-17(24)23-16-8-6-5-7-14(16)15-9-11-22(19(20)18(15)23)12-10-21(20,25-2)26-3/h5-8,19H,4,9-13H2,1-3H3/t19-,20+/m1/s1. The number of fused-ring (bicyclic) bond motifs is 3. The molecule has 138 valence electrons. The van der Waals surface area contributed by atoms with Crippen molar-refractivity contribution in [3.05, 3.63) is 35.5 Å². The van der Waals surface area contributed by atoms with Gasteiger partial charge in [0.25, 0.3) is 0 Å². The lowest BCUT2D eigenvalue weighted by Gasteiger charge is -2.61. The van der Waals surface area contributed by atoms with E-state index >= 15 is 0 Å². The maximum atomic E-state index is 13.4. The number of hydrogen-bond donors (Lipinski definition) is 0. The number of para-hydroxylation sites is 1. The number of nitrogens with zero attached hydrogens (tertiary/aromatic N) is 2. The lowest BCUT2D eigenvalue weighted by molar-refractivity contribution is -0.318. The Labute approximate surface area is 153 Å². The number of hydrogen-bond acceptors (Lipinski definition) is 4. The summed E-state index contributed by atoms with van der Waals surface area (Å²) in [5.41, 5.74) is 3.23. The zero-order valence-electron chi connectivity index (χ0n) is 15.7. The Morgan fingerprint density at radius 1 is 1.19 bits per heavy atom. The van der Waals surface area contributed by atoms with E-state index in [0.29, 0.717) is 6.42 Å². The lowest BCUT2D eigenvalue weighted by Crippen LogP contribution is -2.66. The summed E-state index contributed by atoms with van der Waals surface area (Å²) in [7, 11) is 3.46. The molecule has 2 aromatic rings. The molecule has 0 radical (unpaired) electrons. The van der Waals surface area contributed by atoms with Gasteiger partial charge in [0, 0.05) is 51.2 Å². The van der Waals surface area contributed by atoms with Crippen molar-refractivity contribution in [2.75, 3.05) is 27.3 Å². The maximum Gasteiger partial charge on any atom is 0.232 e.